The maximum absolute atomic E-state index is 2.46. The Hall–Kier alpha value is -7.42. The zero-order valence-electron chi connectivity index (χ0n) is 33.0. The highest BCUT2D eigenvalue weighted by atomic mass is 15.0. The molecule has 0 fully saturated rings. The fourth-order valence-electron chi connectivity index (χ4n) is 9.98. The zero-order chi connectivity index (χ0) is 39.2. The number of nitrogens with zero attached hydrogens (tertiary/aromatic N) is 2. The molecule has 11 aromatic rings. The van der Waals surface area contributed by atoms with Crippen molar-refractivity contribution in [2.24, 2.45) is 0 Å². The molecule has 1 aliphatic carbocycles. The second-order valence-electron chi connectivity index (χ2n) is 16.6. The third-order valence-electron chi connectivity index (χ3n) is 12.9. The lowest BCUT2D eigenvalue weighted by atomic mass is 9.82. The van der Waals surface area contributed by atoms with Gasteiger partial charge in [0.25, 0.3) is 0 Å². The minimum atomic E-state index is -0.0674. The van der Waals surface area contributed by atoms with Gasteiger partial charge in [0, 0.05) is 38.3 Å². The van der Waals surface area contributed by atoms with E-state index in [1.165, 1.54) is 105 Å². The van der Waals surface area contributed by atoms with Crippen LogP contribution >= 0.6 is 0 Å². The van der Waals surface area contributed by atoms with E-state index < -0.39 is 0 Å². The molecule has 0 amide bonds. The van der Waals surface area contributed by atoms with Crippen molar-refractivity contribution in [1.29, 1.82) is 0 Å². The highest BCUT2D eigenvalue weighted by molar-refractivity contribution is 6.13. The second kappa shape index (κ2) is 12.8. The van der Waals surface area contributed by atoms with E-state index in [0.29, 0.717) is 0 Å². The summed E-state index contributed by atoms with van der Waals surface area (Å²) in [5.41, 5.74) is 19.8. The third kappa shape index (κ3) is 5.13. The smallest absolute Gasteiger partial charge is 0.0547 e. The van der Waals surface area contributed by atoms with Gasteiger partial charge in [-0.2, -0.15) is 0 Å². The first-order chi connectivity index (χ1) is 29.0. The summed E-state index contributed by atoms with van der Waals surface area (Å²) in [5.74, 6) is 0. The molecule has 9 aromatic carbocycles. The van der Waals surface area contributed by atoms with E-state index in [1.807, 2.05) is 0 Å². The van der Waals surface area contributed by atoms with Crippen LogP contribution in [-0.2, 0) is 5.41 Å². The van der Waals surface area contributed by atoms with Crippen molar-refractivity contribution < 1.29 is 0 Å². The Morgan fingerprint density at radius 2 is 0.763 bits per heavy atom. The van der Waals surface area contributed by atoms with Gasteiger partial charge >= 0.3 is 0 Å². The maximum Gasteiger partial charge on any atom is 0.0547 e. The first-order valence-electron chi connectivity index (χ1n) is 20.6. The molecular formula is C57H40N2. The molecule has 2 aromatic heterocycles. The Bertz CT molecular complexity index is 3440. The number of benzene rings is 9. The van der Waals surface area contributed by atoms with Crippen LogP contribution in [0.1, 0.15) is 25.0 Å². The summed E-state index contributed by atoms with van der Waals surface area (Å²) in [4.78, 5) is 0. The van der Waals surface area contributed by atoms with Crippen molar-refractivity contribution in [3.8, 4) is 55.9 Å². The van der Waals surface area contributed by atoms with Gasteiger partial charge in [-0.15, -0.1) is 0 Å². The van der Waals surface area contributed by atoms with Crippen molar-refractivity contribution in [2.45, 2.75) is 19.3 Å². The monoisotopic (exact) mass is 752 g/mol. The number of rotatable bonds is 5. The first kappa shape index (κ1) is 33.7. The molecule has 2 heterocycles. The fraction of sp³-hybridized carbons (Fsp3) is 0.0526. The molecule has 0 unspecified atom stereocenters. The largest absolute Gasteiger partial charge is 0.309 e. The van der Waals surface area contributed by atoms with Crippen LogP contribution < -0.4 is 0 Å². The molecule has 0 saturated heterocycles. The molecule has 0 N–H and O–H groups in total. The van der Waals surface area contributed by atoms with Crippen molar-refractivity contribution in [3.05, 3.63) is 217 Å². The van der Waals surface area contributed by atoms with Gasteiger partial charge in [-0.1, -0.05) is 159 Å². The van der Waals surface area contributed by atoms with Gasteiger partial charge in [-0.25, -0.2) is 0 Å². The highest BCUT2D eigenvalue weighted by Gasteiger charge is 2.35. The number of fused-ring (bicyclic) bond motifs is 9. The summed E-state index contributed by atoms with van der Waals surface area (Å²) >= 11 is 0. The van der Waals surface area contributed by atoms with E-state index >= 15 is 0 Å². The Morgan fingerprint density at radius 1 is 0.288 bits per heavy atom. The van der Waals surface area contributed by atoms with Crippen molar-refractivity contribution in [3.63, 3.8) is 0 Å². The topological polar surface area (TPSA) is 9.86 Å². The average Bonchev–Trinajstić information content (AvgIpc) is 3.89. The molecule has 12 rings (SSSR count). The van der Waals surface area contributed by atoms with Gasteiger partial charge in [0.15, 0.2) is 0 Å². The van der Waals surface area contributed by atoms with Crippen LogP contribution in [0.3, 0.4) is 0 Å². The summed E-state index contributed by atoms with van der Waals surface area (Å²) in [6, 6.07) is 76.1. The Kier molecular flexibility index (Phi) is 7.31. The second-order valence-corrected chi connectivity index (χ2v) is 16.6. The molecule has 278 valence electrons. The van der Waals surface area contributed by atoms with Gasteiger partial charge < -0.3 is 9.13 Å². The highest BCUT2D eigenvalue weighted by Crippen LogP contribution is 2.49. The molecule has 0 atom stereocenters. The number of hydrogen-bond acceptors (Lipinski definition) is 0. The van der Waals surface area contributed by atoms with Gasteiger partial charge in [-0.05, 0) is 116 Å². The Balaban J connectivity index is 1.02. The molecule has 0 spiro atoms. The van der Waals surface area contributed by atoms with E-state index in [0.717, 1.165) is 5.69 Å². The van der Waals surface area contributed by atoms with Crippen LogP contribution in [0.5, 0.6) is 0 Å². The molecule has 59 heavy (non-hydrogen) atoms. The van der Waals surface area contributed by atoms with E-state index in [9.17, 15) is 0 Å². The Morgan fingerprint density at radius 3 is 1.49 bits per heavy atom. The summed E-state index contributed by atoms with van der Waals surface area (Å²) in [6.07, 6.45) is 0. The first-order valence-corrected chi connectivity index (χ1v) is 20.6. The van der Waals surface area contributed by atoms with Crippen molar-refractivity contribution >= 4 is 43.6 Å². The van der Waals surface area contributed by atoms with Crippen LogP contribution in [0.2, 0.25) is 0 Å². The molecule has 0 aliphatic heterocycles. The van der Waals surface area contributed by atoms with Crippen LogP contribution in [-0.4, -0.2) is 9.13 Å². The van der Waals surface area contributed by atoms with Crippen LogP contribution in [0.25, 0.3) is 99.5 Å². The number of hydrogen-bond donors (Lipinski definition) is 0. The summed E-state index contributed by atoms with van der Waals surface area (Å²) in [6.45, 7) is 4.72. The number of para-hydroxylation sites is 1. The molecule has 0 radical (unpaired) electrons. The maximum atomic E-state index is 2.46. The van der Waals surface area contributed by atoms with Crippen molar-refractivity contribution in [1.82, 2.24) is 9.13 Å². The van der Waals surface area contributed by atoms with Crippen LogP contribution in [0, 0.1) is 0 Å². The molecule has 2 nitrogen and oxygen atoms in total. The predicted octanol–water partition coefficient (Wildman–Crippen LogP) is 15.2. The van der Waals surface area contributed by atoms with Crippen LogP contribution in [0.4, 0.5) is 0 Å². The fourth-order valence-corrected chi connectivity index (χ4v) is 9.98. The van der Waals surface area contributed by atoms with E-state index in [-0.39, 0.29) is 5.41 Å². The molecule has 0 saturated carbocycles. The van der Waals surface area contributed by atoms with Gasteiger partial charge in [0.1, 0.15) is 0 Å². The Labute approximate surface area is 343 Å². The minimum absolute atomic E-state index is 0.0674. The van der Waals surface area contributed by atoms with Gasteiger partial charge in [0.05, 0.1) is 22.1 Å². The lowest BCUT2D eigenvalue weighted by Gasteiger charge is -2.22. The molecule has 0 bridgehead atoms. The third-order valence-corrected chi connectivity index (χ3v) is 12.9. The lowest BCUT2D eigenvalue weighted by molar-refractivity contribution is 0.660. The predicted molar refractivity (Wildman–Crippen MR) is 249 cm³/mol. The number of aromatic nitrogens is 2. The normalized spacial score (nSPS) is 13.1. The standard InChI is InChI=1S/C57H40N2/c1-57(2)51-19-11-9-17-45(51)46-30-28-44(36-52(46)57)59-53-20-12-10-18-47(53)49-34-41(25-32-55(49)59)42-23-29-48-50-33-40(38-15-7-4-8-16-38)24-31-54(50)58(56(48)35-42)43-26-21-39(22-27-43)37-13-5-3-6-14-37/h3-36H,1-2H3. The van der Waals surface area contributed by atoms with Crippen molar-refractivity contribution in [2.75, 3.05) is 0 Å². The van der Waals surface area contributed by atoms with E-state index in [1.54, 1.807) is 0 Å². The zero-order valence-corrected chi connectivity index (χ0v) is 33.0. The van der Waals surface area contributed by atoms with Crippen LogP contribution in [0.15, 0.2) is 206 Å². The summed E-state index contributed by atoms with van der Waals surface area (Å²) < 4.78 is 4.90. The molecular weight excluding hydrogens is 713 g/mol. The SMILES string of the molecule is CC1(C)c2ccccc2-c2ccc(-n3c4ccccc4c4cc(-c5ccc6c7cc(-c8ccccc8)ccc7n(-c7ccc(-c8ccccc8)cc7)c6c5)ccc43)cc21. The van der Waals surface area contributed by atoms with E-state index in [2.05, 4.69) is 229 Å². The van der Waals surface area contributed by atoms with Gasteiger partial charge in [0.2, 0.25) is 0 Å². The minimum Gasteiger partial charge on any atom is -0.309 e. The van der Waals surface area contributed by atoms with Gasteiger partial charge in [-0.3, -0.25) is 0 Å². The lowest BCUT2D eigenvalue weighted by Crippen LogP contribution is -2.15. The quantitative estimate of drug-likeness (QED) is 0.166. The summed E-state index contributed by atoms with van der Waals surface area (Å²) in [7, 11) is 0. The average molecular weight is 753 g/mol. The van der Waals surface area contributed by atoms with E-state index in [4.69, 9.17) is 0 Å². The summed E-state index contributed by atoms with van der Waals surface area (Å²) in [5, 5.41) is 5.01. The molecule has 2 heteroatoms. The molecule has 1 aliphatic rings.